The minimum atomic E-state index is 0.144. The first kappa shape index (κ1) is 14.3. The monoisotopic (exact) mass is 285 g/mol. The standard InChI is InChI=1S/C18H23NO2/c20-18(14-17-8-4-5-13-21-17)19-11-9-16(10-12-19)15-6-2-1-3-7-15/h1-3,6-7,9,17H,4-5,8,10-14H2. The number of nitrogens with zero attached hydrogens (tertiary/aromatic N) is 1. The van der Waals surface area contributed by atoms with Gasteiger partial charge in [0, 0.05) is 19.7 Å². The van der Waals surface area contributed by atoms with E-state index >= 15 is 0 Å². The Kier molecular flexibility index (Phi) is 4.71. The zero-order valence-electron chi connectivity index (χ0n) is 12.5. The number of amides is 1. The van der Waals surface area contributed by atoms with Gasteiger partial charge in [-0.05, 0) is 36.8 Å². The van der Waals surface area contributed by atoms with Crippen LogP contribution < -0.4 is 0 Å². The Labute approximate surface area is 126 Å². The Hall–Kier alpha value is -1.61. The maximum atomic E-state index is 12.3. The molecule has 1 aromatic rings. The second kappa shape index (κ2) is 6.90. The molecule has 1 atom stereocenters. The van der Waals surface area contributed by atoms with Crippen molar-refractivity contribution in [3.05, 3.63) is 42.0 Å². The van der Waals surface area contributed by atoms with Crippen LogP contribution >= 0.6 is 0 Å². The molecule has 1 aromatic carbocycles. The van der Waals surface area contributed by atoms with Crippen LogP contribution in [-0.2, 0) is 9.53 Å². The summed E-state index contributed by atoms with van der Waals surface area (Å²) < 4.78 is 5.67. The summed E-state index contributed by atoms with van der Waals surface area (Å²) >= 11 is 0. The van der Waals surface area contributed by atoms with Crippen LogP contribution in [0.25, 0.3) is 5.57 Å². The highest BCUT2D eigenvalue weighted by atomic mass is 16.5. The van der Waals surface area contributed by atoms with Gasteiger partial charge in [0.05, 0.1) is 12.5 Å². The molecule has 1 fully saturated rings. The van der Waals surface area contributed by atoms with Crippen molar-refractivity contribution in [2.45, 2.75) is 38.2 Å². The summed E-state index contributed by atoms with van der Waals surface area (Å²) in [5.74, 6) is 0.241. The highest BCUT2D eigenvalue weighted by Crippen LogP contribution is 2.23. The van der Waals surface area contributed by atoms with E-state index in [4.69, 9.17) is 4.74 Å². The molecule has 1 saturated heterocycles. The van der Waals surface area contributed by atoms with E-state index in [0.29, 0.717) is 6.42 Å². The average Bonchev–Trinajstić information content (AvgIpc) is 2.57. The van der Waals surface area contributed by atoms with Crippen molar-refractivity contribution in [2.75, 3.05) is 19.7 Å². The van der Waals surface area contributed by atoms with Gasteiger partial charge in [0.15, 0.2) is 0 Å². The highest BCUT2D eigenvalue weighted by Gasteiger charge is 2.23. The van der Waals surface area contributed by atoms with Crippen LogP contribution in [0, 0.1) is 0 Å². The van der Waals surface area contributed by atoms with E-state index in [2.05, 4.69) is 30.3 Å². The minimum Gasteiger partial charge on any atom is -0.378 e. The van der Waals surface area contributed by atoms with E-state index in [1.54, 1.807) is 0 Å². The molecule has 3 heteroatoms. The van der Waals surface area contributed by atoms with Gasteiger partial charge in [-0.1, -0.05) is 36.4 Å². The first-order valence-corrected chi connectivity index (χ1v) is 7.97. The van der Waals surface area contributed by atoms with Gasteiger partial charge in [-0.25, -0.2) is 0 Å². The number of benzene rings is 1. The second-order valence-corrected chi connectivity index (χ2v) is 5.88. The van der Waals surface area contributed by atoms with Crippen molar-refractivity contribution >= 4 is 11.5 Å². The molecule has 0 spiro atoms. The second-order valence-electron chi connectivity index (χ2n) is 5.88. The van der Waals surface area contributed by atoms with Gasteiger partial charge in [-0.15, -0.1) is 0 Å². The summed E-state index contributed by atoms with van der Waals surface area (Å²) in [6.45, 7) is 2.37. The molecule has 0 N–H and O–H groups in total. The number of ether oxygens (including phenoxy) is 1. The van der Waals surface area contributed by atoms with Crippen LogP contribution in [0.5, 0.6) is 0 Å². The maximum Gasteiger partial charge on any atom is 0.225 e. The predicted octanol–water partition coefficient (Wildman–Crippen LogP) is 3.26. The lowest BCUT2D eigenvalue weighted by molar-refractivity contribution is -0.134. The Balaban J connectivity index is 1.55. The Morgan fingerprint density at radius 2 is 2.10 bits per heavy atom. The molecule has 0 aromatic heterocycles. The molecule has 2 aliphatic rings. The predicted molar refractivity (Wildman–Crippen MR) is 83.8 cm³/mol. The van der Waals surface area contributed by atoms with Gasteiger partial charge in [0.25, 0.3) is 0 Å². The number of rotatable bonds is 3. The van der Waals surface area contributed by atoms with Crippen LogP contribution in [-0.4, -0.2) is 36.6 Å². The lowest BCUT2D eigenvalue weighted by atomic mass is 9.99. The fourth-order valence-corrected chi connectivity index (χ4v) is 3.10. The Morgan fingerprint density at radius 3 is 2.76 bits per heavy atom. The third-order valence-electron chi connectivity index (χ3n) is 4.38. The summed E-state index contributed by atoms with van der Waals surface area (Å²) in [5.41, 5.74) is 2.63. The lowest BCUT2D eigenvalue weighted by Crippen LogP contribution is -2.37. The number of carbonyl (C=O) groups is 1. The zero-order chi connectivity index (χ0) is 14.5. The fraction of sp³-hybridized carbons (Fsp3) is 0.500. The average molecular weight is 285 g/mol. The molecule has 1 unspecified atom stereocenters. The van der Waals surface area contributed by atoms with Crippen molar-refractivity contribution in [3.63, 3.8) is 0 Å². The zero-order valence-corrected chi connectivity index (χ0v) is 12.5. The van der Waals surface area contributed by atoms with Crippen molar-refractivity contribution in [1.29, 1.82) is 0 Å². The van der Waals surface area contributed by atoms with E-state index in [0.717, 1.165) is 39.0 Å². The molecule has 1 amide bonds. The van der Waals surface area contributed by atoms with Crippen molar-refractivity contribution in [3.8, 4) is 0 Å². The van der Waals surface area contributed by atoms with Crippen LogP contribution in [0.3, 0.4) is 0 Å². The molecule has 0 saturated carbocycles. The van der Waals surface area contributed by atoms with Gasteiger partial charge in [0.1, 0.15) is 0 Å². The summed E-state index contributed by atoms with van der Waals surface area (Å²) in [6.07, 6.45) is 7.19. The molecule has 0 radical (unpaired) electrons. The summed E-state index contributed by atoms with van der Waals surface area (Å²) in [6, 6.07) is 10.4. The van der Waals surface area contributed by atoms with Crippen molar-refractivity contribution in [2.24, 2.45) is 0 Å². The van der Waals surface area contributed by atoms with Crippen LogP contribution in [0.2, 0.25) is 0 Å². The largest absolute Gasteiger partial charge is 0.378 e. The minimum absolute atomic E-state index is 0.144. The molecule has 2 heterocycles. The number of hydrogen-bond acceptors (Lipinski definition) is 2. The molecule has 2 aliphatic heterocycles. The first-order valence-electron chi connectivity index (χ1n) is 7.97. The normalized spacial score (nSPS) is 22.8. The topological polar surface area (TPSA) is 29.5 Å². The summed E-state index contributed by atoms with van der Waals surface area (Å²) in [7, 11) is 0. The molecule has 3 nitrogen and oxygen atoms in total. The molecule has 21 heavy (non-hydrogen) atoms. The third kappa shape index (κ3) is 3.73. The molecular formula is C18H23NO2. The number of hydrogen-bond donors (Lipinski definition) is 0. The lowest BCUT2D eigenvalue weighted by Gasteiger charge is -2.29. The SMILES string of the molecule is O=C(CC1CCCCO1)N1CC=C(c2ccccc2)CC1. The number of carbonyl (C=O) groups excluding carboxylic acids is 1. The first-order chi connectivity index (χ1) is 10.3. The molecular weight excluding hydrogens is 262 g/mol. The van der Waals surface area contributed by atoms with Crippen LogP contribution in [0.4, 0.5) is 0 Å². The van der Waals surface area contributed by atoms with Crippen molar-refractivity contribution < 1.29 is 9.53 Å². The third-order valence-corrected chi connectivity index (χ3v) is 4.38. The Bertz CT molecular complexity index is 503. The van der Waals surface area contributed by atoms with Crippen LogP contribution in [0.15, 0.2) is 36.4 Å². The van der Waals surface area contributed by atoms with E-state index in [1.807, 2.05) is 11.0 Å². The summed E-state index contributed by atoms with van der Waals surface area (Å²) in [5, 5.41) is 0. The molecule has 112 valence electrons. The van der Waals surface area contributed by atoms with Gasteiger partial charge >= 0.3 is 0 Å². The quantitative estimate of drug-likeness (QED) is 0.853. The fourth-order valence-electron chi connectivity index (χ4n) is 3.10. The van der Waals surface area contributed by atoms with Crippen molar-refractivity contribution in [1.82, 2.24) is 4.90 Å². The van der Waals surface area contributed by atoms with Crippen LogP contribution in [0.1, 0.15) is 37.7 Å². The maximum absolute atomic E-state index is 12.3. The van der Waals surface area contributed by atoms with E-state index < -0.39 is 0 Å². The molecule has 0 aliphatic carbocycles. The highest BCUT2D eigenvalue weighted by molar-refractivity contribution is 5.78. The molecule has 3 rings (SSSR count). The van der Waals surface area contributed by atoms with Gasteiger partial charge in [-0.2, -0.15) is 0 Å². The van der Waals surface area contributed by atoms with E-state index in [-0.39, 0.29) is 12.0 Å². The Morgan fingerprint density at radius 1 is 1.24 bits per heavy atom. The van der Waals surface area contributed by atoms with Gasteiger partial charge < -0.3 is 9.64 Å². The van der Waals surface area contributed by atoms with E-state index in [9.17, 15) is 4.79 Å². The summed E-state index contributed by atoms with van der Waals surface area (Å²) in [4.78, 5) is 14.3. The van der Waals surface area contributed by atoms with Gasteiger partial charge in [0.2, 0.25) is 5.91 Å². The smallest absolute Gasteiger partial charge is 0.225 e. The van der Waals surface area contributed by atoms with Gasteiger partial charge in [-0.3, -0.25) is 4.79 Å². The molecule has 0 bridgehead atoms. The van der Waals surface area contributed by atoms with E-state index in [1.165, 1.54) is 17.6 Å².